The summed E-state index contributed by atoms with van der Waals surface area (Å²) in [6, 6.07) is 21.5. The van der Waals surface area contributed by atoms with E-state index in [1.807, 2.05) is 12.1 Å². The van der Waals surface area contributed by atoms with Crippen molar-refractivity contribution in [2.45, 2.75) is 44.7 Å². The van der Waals surface area contributed by atoms with Crippen LogP contribution in [0.5, 0.6) is 0 Å². The fourth-order valence-electron chi connectivity index (χ4n) is 5.42. The summed E-state index contributed by atoms with van der Waals surface area (Å²) >= 11 is 0. The van der Waals surface area contributed by atoms with E-state index in [0.717, 1.165) is 64.1 Å². The molecule has 1 aliphatic heterocycles. The zero-order valence-electron chi connectivity index (χ0n) is 22.2. The average Bonchev–Trinajstić information content (AvgIpc) is 2.96. The van der Waals surface area contributed by atoms with E-state index in [-0.39, 0.29) is 17.6 Å². The standard InChI is InChI=1S/C31H36FN5O2/c32-27-13-7-8-14-28(27)35-31(39)34-25-15-16-29(26(21-25)30(38)33-24-11-5-2-6-12-24)37-19-17-36(18-20-37)22-23-9-3-1-4-10-23/h1,3-4,7-10,13-16,21,24H,2,5-6,11-12,17-20,22H2,(H,33,38)(H2,34,35,39). The van der Waals surface area contributed by atoms with Gasteiger partial charge in [0, 0.05) is 50.1 Å². The summed E-state index contributed by atoms with van der Waals surface area (Å²) in [6.07, 6.45) is 5.43. The molecule has 3 aromatic carbocycles. The van der Waals surface area contributed by atoms with Crippen LogP contribution in [-0.4, -0.2) is 49.1 Å². The fraction of sp³-hybridized carbons (Fsp3) is 0.355. The van der Waals surface area contributed by atoms with Crippen molar-refractivity contribution >= 4 is 29.0 Å². The Labute approximate surface area is 229 Å². The van der Waals surface area contributed by atoms with Crippen LogP contribution >= 0.6 is 0 Å². The summed E-state index contributed by atoms with van der Waals surface area (Å²) < 4.78 is 14.0. The molecule has 2 fully saturated rings. The molecule has 3 aromatic rings. The lowest BCUT2D eigenvalue weighted by Gasteiger charge is -2.37. The van der Waals surface area contributed by atoms with Crippen LogP contribution in [0.25, 0.3) is 0 Å². The van der Waals surface area contributed by atoms with Crippen molar-refractivity contribution in [1.29, 1.82) is 0 Å². The van der Waals surface area contributed by atoms with Gasteiger partial charge in [0.1, 0.15) is 5.82 Å². The number of benzene rings is 3. The average molecular weight is 530 g/mol. The normalized spacial score (nSPS) is 16.5. The van der Waals surface area contributed by atoms with Crippen LogP contribution in [-0.2, 0) is 6.54 Å². The number of anilines is 3. The molecule has 0 radical (unpaired) electrons. The van der Waals surface area contributed by atoms with Crippen LogP contribution in [0.3, 0.4) is 0 Å². The largest absolute Gasteiger partial charge is 0.368 e. The molecule has 39 heavy (non-hydrogen) atoms. The van der Waals surface area contributed by atoms with Crippen LogP contribution in [0, 0.1) is 5.82 Å². The Balaban J connectivity index is 1.30. The second-order valence-corrected chi connectivity index (χ2v) is 10.3. The number of piperazine rings is 1. The molecule has 0 spiro atoms. The number of amides is 3. The monoisotopic (exact) mass is 529 g/mol. The molecule has 3 N–H and O–H groups in total. The summed E-state index contributed by atoms with van der Waals surface area (Å²) in [5.74, 6) is -0.635. The Morgan fingerprint density at radius 3 is 2.28 bits per heavy atom. The van der Waals surface area contributed by atoms with Gasteiger partial charge in [-0.25, -0.2) is 9.18 Å². The quantitative estimate of drug-likeness (QED) is 0.359. The third kappa shape index (κ3) is 7.15. The first-order chi connectivity index (χ1) is 19.0. The Morgan fingerprint density at radius 2 is 1.54 bits per heavy atom. The molecule has 7 nitrogen and oxygen atoms in total. The van der Waals surface area contributed by atoms with Crippen molar-refractivity contribution in [3.05, 3.63) is 89.7 Å². The molecule has 5 rings (SSSR count). The number of urea groups is 1. The van der Waals surface area contributed by atoms with Crippen LogP contribution < -0.4 is 20.9 Å². The van der Waals surface area contributed by atoms with Gasteiger partial charge in [-0.2, -0.15) is 0 Å². The van der Waals surface area contributed by atoms with E-state index in [1.54, 1.807) is 24.3 Å². The molecular weight excluding hydrogens is 493 g/mol. The Bertz CT molecular complexity index is 1270. The molecule has 8 heteroatoms. The van der Waals surface area contributed by atoms with Crippen molar-refractivity contribution < 1.29 is 14.0 Å². The lowest BCUT2D eigenvalue weighted by atomic mass is 9.95. The third-order valence-electron chi connectivity index (χ3n) is 7.52. The second-order valence-electron chi connectivity index (χ2n) is 10.3. The highest BCUT2D eigenvalue weighted by molar-refractivity contribution is 6.04. The Morgan fingerprint density at radius 1 is 0.821 bits per heavy atom. The van der Waals surface area contributed by atoms with E-state index in [0.29, 0.717) is 11.3 Å². The summed E-state index contributed by atoms with van der Waals surface area (Å²) in [5.41, 5.74) is 3.27. The van der Waals surface area contributed by atoms with Crippen molar-refractivity contribution in [2.75, 3.05) is 41.7 Å². The number of para-hydroxylation sites is 1. The molecule has 1 aliphatic carbocycles. The molecule has 0 bridgehead atoms. The van der Waals surface area contributed by atoms with Gasteiger partial charge in [0.15, 0.2) is 0 Å². The Kier molecular flexibility index (Phi) is 8.73. The maximum Gasteiger partial charge on any atom is 0.323 e. The summed E-state index contributed by atoms with van der Waals surface area (Å²) in [7, 11) is 0. The lowest BCUT2D eigenvalue weighted by Crippen LogP contribution is -2.46. The number of halogens is 1. The predicted octanol–water partition coefficient (Wildman–Crippen LogP) is 5.85. The highest BCUT2D eigenvalue weighted by Gasteiger charge is 2.24. The number of hydrogen-bond donors (Lipinski definition) is 3. The number of nitrogens with zero attached hydrogens (tertiary/aromatic N) is 2. The van der Waals surface area contributed by atoms with Crippen LogP contribution in [0.4, 0.5) is 26.2 Å². The molecule has 1 saturated heterocycles. The minimum absolute atomic E-state index is 0.0928. The van der Waals surface area contributed by atoms with Crippen molar-refractivity contribution in [1.82, 2.24) is 10.2 Å². The van der Waals surface area contributed by atoms with Gasteiger partial charge in [0.05, 0.1) is 11.3 Å². The van der Waals surface area contributed by atoms with Crippen molar-refractivity contribution in [3.63, 3.8) is 0 Å². The smallest absolute Gasteiger partial charge is 0.323 e. The molecule has 2 aliphatic rings. The minimum atomic E-state index is -0.569. The molecule has 1 saturated carbocycles. The second kappa shape index (κ2) is 12.8. The zero-order chi connectivity index (χ0) is 27.0. The van der Waals surface area contributed by atoms with Crippen molar-refractivity contribution in [2.24, 2.45) is 0 Å². The highest BCUT2D eigenvalue weighted by atomic mass is 19.1. The first-order valence-electron chi connectivity index (χ1n) is 13.8. The summed E-state index contributed by atoms with van der Waals surface area (Å²) in [6.45, 7) is 4.30. The van der Waals surface area contributed by atoms with Crippen LogP contribution in [0.1, 0.15) is 48.0 Å². The third-order valence-corrected chi connectivity index (χ3v) is 7.52. The summed E-state index contributed by atoms with van der Waals surface area (Å²) in [4.78, 5) is 30.8. The molecule has 0 atom stereocenters. The van der Waals surface area contributed by atoms with E-state index in [4.69, 9.17) is 0 Å². The molecule has 204 valence electrons. The molecular formula is C31H36FN5O2. The van der Waals surface area contributed by atoms with E-state index in [9.17, 15) is 14.0 Å². The predicted molar refractivity (Wildman–Crippen MR) is 154 cm³/mol. The molecule has 0 aromatic heterocycles. The van der Waals surface area contributed by atoms with Crippen molar-refractivity contribution in [3.8, 4) is 0 Å². The van der Waals surface area contributed by atoms with Gasteiger partial charge in [0.25, 0.3) is 5.91 Å². The number of hydrogen-bond acceptors (Lipinski definition) is 4. The maximum atomic E-state index is 14.0. The number of carbonyl (C=O) groups excluding carboxylic acids is 2. The van der Waals surface area contributed by atoms with Crippen LogP contribution in [0.15, 0.2) is 72.8 Å². The van der Waals surface area contributed by atoms with Gasteiger partial charge in [-0.05, 0) is 48.7 Å². The first kappa shape index (κ1) is 26.7. The molecule has 1 heterocycles. The lowest BCUT2D eigenvalue weighted by molar-refractivity contribution is 0.0928. The molecule has 3 amide bonds. The highest BCUT2D eigenvalue weighted by Crippen LogP contribution is 2.27. The number of nitrogens with one attached hydrogen (secondary N) is 3. The van der Waals surface area contributed by atoms with E-state index < -0.39 is 11.8 Å². The van der Waals surface area contributed by atoms with Gasteiger partial charge < -0.3 is 20.9 Å². The van der Waals surface area contributed by atoms with E-state index in [2.05, 4.69) is 50.0 Å². The van der Waals surface area contributed by atoms with Gasteiger partial charge in [-0.1, -0.05) is 61.7 Å². The SMILES string of the molecule is O=C(Nc1ccc(N2CCN(Cc3ccccc3)CC2)c(C(=O)NC2CCCCC2)c1)Nc1ccccc1F. The van der Waals surface area contributed by atoms with Crippen LogP contribution in [0.2, 0.25) is 0 Å². The number of carbonyl (C=O) groups is 2. The topological polar surface area (TPSA) is 76.7 Å². The summed E-state index contributed by atoms with van der Waals surface area (Å²) in [5, 5.41) is 8.52. The van der Waals surface area contributed by atoms with E-state index in [1.165, 1.54) is 24.1 Å². The van der Waals surface area contributed by atoms with Gasteiger partial charge in [0.2, 0.25) is 0 Å². The van der Waals surface area contributed by atoms with Gasteiger partial charge in [-0.3, -0.25) is 9.69 Å². The van der Waals surface area contributed by atoms with Gasteiger partial charge in [-0.15, -0.1) is 0 Å². The Hall–Kier alpha value is -3.91. The number of rotatable bonds is 7. The van der Waals surface area contributed by atoms with Gasteiger partial charge >= 0.3 is 6.03 Å². The first-order valence-corrected chi connectivity index (χ1v) is 13.8. The zero-order valence-corrected chi connectivity index (χ0v) is 22.2. The fourth-order valence-corrected chi connectivity index (χ4v) is 5.42. The minimum Gasteiger partial charge on any atom is -0.368 e. The molecule has 0 unspecified atom stereocenters. The van der Waals surface area contributed by atoms with E-state index >= 15 is 0 Å². The maximum absolute atomic E-state index is 14.0.